The molecule has 0 spiro atoms. The minimum absolute atomic E-state index is 0.0283. The molecule has 0 fully saturated rings. The Balaban J connectivity index is 2.96. The van der Waals surface area contributed by atoms with Gasteiger partial charge in [-0.15, -0.1) is 0 Å². The van der Waals surface area contributed by atoms with Crippen molar-refractivity contribution in [3.63, 3.8) is 0 Å². The van der Waals surface area contributed by atoms with E-state index in [0.717, 1.165) is 4.57 Å². The van der Waals surface area contributed by atoms with Gasteiger partial charge in [-0.1, -0.05) is 0 Å². The highest BCUT2D eigenvalue weighted by Gasteiger charge is 2.30. The highest BCUT2D eigenvalue weighted by atomic mass is 19.4. The molecule has 4 nitrogen and oxygen atoms in total. The van der Waals surface area contributed by atoms with Gasteiger partial charge in [-0.05, 0) is 26.0 Å². The standard InChI is InChI=1S/C12H17F3N2O2/c1-9(2)17(6-7-18)11(19)10-4-3-5-16(10)8-12(13,14)15/h3-5,9,18H,6-8H2,1-2H3. The van der Waals surface area contributed by atoms with Crippen molar-refractivity contribution in [1.29, 1.82) is 0 Å². The summed E-state index contributed by atoms with van der Waals surface area (Å²) in [6.45, 7) is 2.14. The van der Waals surface area contributed by atoms with Crippen LogP contribution in [0.1, 0.15) is 24.3 Å². The molecule has 1 rings (SSSR count). The third-order valence-electron chi connectivity index (χ3n) is 2.62. The number of halogens is 3. The molecule has 0 radical (unpaired) electrons. The number of rotatable bonds is 5. The first-order valence-corrected chi connectivity index (χ1v) is 5.90. The Bertz CT molecular complexity index is 427. The summed E-state index contributed by atoms with van der Waals surface area (Å²) in [7, 11) is 0. The van der Waals surface area contributed by atoms with Gasteiger partial charge in [0.15, 0.2) is 0 Å². The average Bonchev–Trinajstić information content (AvgIpc) is 2.70. The van der Waals surface area contributed by atoms with Crippen LogP contribution < -0.4 is 0 Å². The topological polar surface area (TPSA) is 45.5 Å². The largest absolute Gasteiger partial charge is 0.406 e. The Labute approximate surface area is 109 Å². The average molecular weight is 278 g/mol. The highest BCUT2D eigenvalue weighted by Crippen LogP contribution is 2.20. The second-order valence-electron chi connectivity index (χ2n) is 4.45. The molecular formula is C12H17F3N2O2. The molecule has 1 N–H and O–H groups in total. The van der Waals surface area contributed by atoms with E-state index in [1.807, 2.05) is 0 Å². The van der Waals surface area contributed by atoms with Gasteiger partial charge in [0.05, 0.1) is 6.61 Å². The zero-order valence-electron chi connectivity index (χ0n) is 10.8. The lowest BCUT2D eigenvalue weighted by Gasteiger charge is -2.26. The Morgan fingerprint density at radius 2 is 2.11 bits per heavy atom. The minimum atomic E-state index is -4.38. The fourth-order valence-corrected chi connectivity index (χ4v) is 1.79. The first-order chi connectivity index (χ1) is 8.76. The summed E-state index contributed by atoms with van der Waals surface area (Å²) in [6.07, 6.45) is -3.16. The molecule has 1 aromatic rings. The molecule has 108 valence electrons. The Kier molecular flexibility index (Phi) is 4.99. The van der Waals surface area contributed by atoms with Gasteiger partial charge in [-0.2, -0.15) is 13.2 Å². The molecule has 0 aliphatic carbocycles. The number of aromatic nitrogens is 1. The Morgan fingerprint density at radius 3 is 2.58 bits per heavy atom. The molecule has 0 saturated carbocycles. The van der Waals surface area contributed by atoms with Crippen LogP contribution in [0.5, 0.6) is 0 Å². The molecule has 1 aromatic heterocycles. The molecule has 1 heterocycles. The second kappa shape index (κ2) is 6.10. The van der Waals surface area contributed by atoms with E-state index in [-0.39, 0.29) is 24.9 Å². The van der Waals surface area contributed by atoms with Crippen LogP contribution in [-0.2, 0) is 6.54 Å². The number of carbonyl (C=O) groups is 1. The van der Waals surface area contributed by atoms with Crippen LogP contribution in [0.15, 0.2) is 18.3 Å². The number of alkyl halides is 3. The third kappa shape index (κ3) is 4.27. The van der Waals surface area contributed by atoms with Crippen LogP contribution in [-0.4, -0.2) is 45.9 Å². The lowest BCUT2D eigenvalue weighted by Crippen LogP contribution is -2.40. The molecule has 0 aliphatic rings. The number of hydrogen-bond acceptors (Lipinski definition) is 2. The Hall–Kier alpha value is -1.50. The van der Waals surface area contributed by atoms with E-state index >= 15 is 0 Å². The predicted molar refractivity (Wildman–Crippen MR) is 63.7 cm³/mol. The van der Waals surface area contributed by atoms with Gasteiger partial charge < -0.3 is 14.6 Å². The monoisotopic (exact) mass is 278 g/mol. The third-order valence-corrected chi connectivity index (χ3v) is 2.62. The van der Waals surface area contributed by atoms with Gasteiger partial charge >= 0.3 is 6.18 Å². The second-order valence-corrected chi connectivity index (χ2v) is 4.45. The van der Waals surface area contributed by atoms with Crippen molar-refractivity contribution in [1.82, 2.24) is 9.47 Å². The smallest absolute Gasteiger partial charge is 0.395 e. The van der Waals surface area contributed by atoms with Crippen LogP contribution in [0.25, 0.3) is 0 Å². The molecule has 1 amide bonds. The van der Waals surface area contributed by atoms with Crippen LogP contribution >= 0.6 is 0 Å². The molecule has 0 bridgehead atoms. The molecule has 7 heteroatoms. The van der Waals surface area contributed by atoms with E-state index in [0.29, 0.717) is 0 Å². The van der Waals surface area contributed by atoms with E-state index < -0.39 is 18.6 Å². The molecule has 0 aliphatic heterocycles. The normalized spacial score (nSPS) is 11.9. The summed E-state index contributed by atoms with van der Waals surface area (Å²) < 4.78 is 38.0. The molecule has 19 heavy (non-hydrogen) atoms. The summed E-state index contributed by atoms with van der Waals surface area (Å²) >= 11 is 0. The number of amides is 1. The van der Waals surface area contributed by atoms with Crippen molar-refractivity contribution in [3.05, 3.63) is 24.0 Å². The molecular weight excluding hydrogens is 261 g/mol. The van der Waals surface area contributed by atoms with E-state index in [9.17, 15) is 18.0 Å². The fourth-order valence-electron chi connectivity index (χ4n) is 1.79. The van der Waals surface area contributed by atoms with Crippen LogP contribution in [0.3, 0.4) is 0 Å². The molecule has 0 unspecified atom stereocenters. The molecule has 0 saturated heterocycles. The summed E-state index contributed by atoms with van der Waals surface area (Å²) in [4.78, 5) is 13.5. The van der Waals surface area contributed by atoms with Crippen molar-refractivity contribution in [3.8, 4) is 0 Å². The first-order valence-electron chi connectivity index (χ1n) is 5.90. The maximum Gasteiger partial charge on any atom is 0.406 e. The quantitative estimate of drug-likeness (QED) is 0.894. The lowest BCUT2D eigenvalue weighted by atomic mass is 10.2. The molecule has 0 atom stereocenters. The zero-order chi connectivity index (χ0) is 14.6. The maximum atomic E-state index is 12.4. The zero-order valence-corrected chi connectivity index (χ0v) is 10.8. The van der Waals surface area contributed by atoms with Crippen molar-refractivity contribution in [2.45, 2.75) is 32.6 Å². The van der Waals surface area contributed by atoms with Gasteiger partial charge in [-0.25, -0.2) is 0 Å². The van der Waals surface area contributed by atoms with E-state index in [1.165, 1.54) is 23.2 Å². The summed E-state index contributed by atoms with van der Waals surface area (Å²) in [5, 5.41) is 8.91. The summed E-state index contributed by atoms with van der Waals surface area (Å²) in [5.74, 6) is -0.515. The predicted octanol–water partition coefficient (Wildman–Crippen LogP) is 1.89. The van der Waals surface area contributed by atoms with Crippen molar-refractivity contribution in [2.75, 3.05) is 13.2 Å². The van der Waals surface area contributed by atoms with Crippen molar-refractivity contribution in [2.24, 2.45) is 0 Å². The van der Waals surface area contributed by atoms with Gasteiger partial charge in [0.1, 0.15) is 12.2 Å². The number of carbonyl (C=O) groups excluding carboxylic acids is 1. The SMILES string of the molecule is CC(C)N(CCO)C(=O)c1cccn1CC(F)(F)F. The Morgan fingerprint density at radius 1 is 1.47 bits per heavy atom. The fraction of sp³-hybridized carbons (Fsp3) is 0.583. The van der Waals surface area contributed by atoms with Crippen LogP contribution in [0, 0.1) is 0 Å². The van der Waals surface area contributed by atoms with Crippen molar-refractivity contribution < 1.29 is 23.1 Å². The van der Waals surface area contributed by atoms with E-state index in [4.69, 9.17) is 5.11 Å². The van der Waals surface area contributed by atoms with E-state index in [1.54, 1.807) is 13.8 Å². The van der Waals surface area contributed by atoms with Gasteiger partial charge in [0.2, 0.25) is 0 Å². The van der Waals surface area contributed by atoms with Gasteiger partial charge in [0.25, 0.3) is 5.91 Å². The summed E-state index contributed by atoms with van der Waals surface area (Å²) in [5.41, 5.74) is -0.0283. The summed E-state index contributed by atoms with van der Waals surface area (Å²) in [6, 6.07) is 2.55. The van der Waals surface area contributed by atoms with Crippen LogP contribution in [0.2, 0.25) is 0 Å². The number of aliphatic hydroxyl groups is 1. The lowest BCUT2D eigenvalue weighted by molar-refractivity contribution is -0.140. The maximum absolute atomic E-state index is 12.4. The first kappa shape index (κ1) is 15.6. The van der Waals surface area contributed by atoms with E-state index in [2.05, 4.69) is 0 Å². The number of hydrogen-bond donors (Lipinski definition) is 1. The number of aliphatic hydroxyl groups excluding tert-OH is 1. The minimum Gasteiger partial charge on any atom is -0.395 e. The number of nitrogens with zero attached hydrogens (tertiary/aromatic N) is 2. The molecule has 0 aromatic carbocycles. The van der Waals surface area contributed by atoms with Crippen molar-refractivity contribution >= 4 is 5.91 Å². The van der Waals surface area contributed by atoms with Gasteiger partial charge in [0, 0.05) is 18.8 Å². The van der Waals surface area contributed by atoms with Gasteiger partial charge in [-0.3, -0.25) is 4.79 Å². The van der Waals surface area contributed by atoms with Crippen LogP contribution in [0.4, 0.5) is 13.2 Å². The highest BCUT2D eigenvalue weighted by molar-refractivity contribution is 5.93.